The van der Waals surface area contributed by atoms with E-state index >= 15 is 4.57 Å². The third-order valence-corrected chi connectivity index (χ3v) is 15.5. The fourth-order valence-corrected chi connectivity index (χ4v) is 14.0. The molecule has 4 bridgehead atoms. The average molecular weight is 576 g/mol. The number of aromatic nitrogens is 1. The van der Waals surface area contributed by atoms with Gasteiger partial charge in [-0.25, -0.2) is 0 Å². The SMILES string of the molecule is O=P(c1ccccc1)(c1ccccc1)c1cccc(-c2ccc3c(c2)-c2ncccc2C32C3CC4CC5CC2(C4)C5C3)c1. The van der Waals surface area contributed by atoms with Gasteiger partial charge < -0.3 is 4.57 Å². The predicted molar refractivity (Wildman–Crippen MR) is 175 cm³/mol. The highest BCUT2D eigenvalue weighted by molar-refractivity contribution is 7.85. The van der Waals surface area contributed by atoms with Gasteiger partial charge in [0.15, 0.2) is 7.14 Å². The zero-order valence-corrected chi connectivity index (χ0v) is 25.1. The van der Waals surface area contributed by atoms with Gasteiger partial charge in [-0.2, -0.15) is 0 Å². The van der Waals surface area contributed by atoms with Crippen molar-refractivity contribution in [2.24, 2.45) is 29.1 Å². The van der Waals surface area contributed by atoms with Crippen molar-refractivity contribution in [3.05, 3.63) is 133 Å². The van der Waals surface area contributed by atoms with Gasteiger partial charge in [0, 0.05) is 33.1 Å². The van der Waals surface area contributed by atoms with Crippen LogP contribution in [-0.4, -0.2) is 4.98 Å². The van der Waals surface area contributed by atoms with Gasteiger partial charge in [0.1, 0.15) is 0 Å². The molecule has 2 nitrogen and oxygen atoms in total. The van der Waals surface area contributed by atoms with E-state index in [4.69, 9.17) is 4.98 Å². The lowest BCUT2D eigenvalue weighted by Gasteiger charge is -2.67. The molecule has 6 atom stereocenters. The van der Waals surface area contributed by atoms with E-state index in [1.165, 1.54) is 54.5 Å². The third-order valence-electron chi connectivity index (χ3n) is 12.5. The van der Waals surface area contributed by atoms with Crippen LogP contribution in [-0.2, 0) is 9.98 Å². The lowest BCUT2D eigenvalue weighted by molar-refractivity contribution is -0.140. The summed E-state index contributed by atoms with van der Waals surface area (Å²) in [4.78, 5) is 5.08. The molecule has 1 heterocycles. The molecule has 0 radical (unpaired) electrons. The van der Waals surface area contributed by atoms with Crippen LogP contribution in [0.25, 0.3) is 22.4 Å². The molecule has 5 fully saturated rings. The number of fused-ring (bicyclic) bond motifs is 3. The molecule has 0 amide bonds. The van der Waals surface area contributed by atoms with Gasteiger partial charge in [-0.15, -0.1) is 0 Å². The minimum absolute atomic E-state index is 0.140. The van der Waals surface area contributed by atoms with Crippen molar-refractivity contribution in [1.82, 2.24) is 4.98 Å². The maximum absolute atomic E-state index is 15.1. The molecule has 6 aliphatic rings. The molecule has 5 saturated carbocycles. The van der Waals surface area contributed by atoms with Crippen LogP contribution in [0, 0.1) is 29.1 Å². The highest BCUT2D eigenvalue weighted by Crippen LogP contribution is 2.84. The summed E-state index contributed by atoms with van der Waals surface area (Å²) in [5.41, 5.74) is 8.47. The Morgan fingerprint density at radius 2 is 1.40 bits per heavy atom. The van der Waals surface area contributed by atoms with Crippen LogP contribution in [0.1, 0.15) is 43.2 Å². The first-order chi connectivity index (χ1) is 21.1. The normalized spacial score (nSPS) is 30.6. The van der Waals surface area contributed by atoms with Crippen molar-refractivity contribution in [2.75, 3.05) is 0 Å². The molecular formula is C40H34NOP. The van der Waals surface area contributed by atoms with Crippen LogP contribution in [0.2, 0.25) is 0 Å². The molecule has 6 unspecified atom stereocenters. The molecule has 3 heteroatoms. The average Bonchev–Trinajstić information content (AvgIpc) is 3.36. The molecule has 0 aliphatic heterocycles. The van der Waals surface area contributed by atoms with Crippen molar-refractivity contribution in [3.8, 4) is 22.4 Å². The Kier molecular flexibility index (Phi) is 4.85. The topological polar surface area (TPSA) is 30.0 Å². The van der Waals surface area contributed by atoms with E-state index < -0.39 is 7.14 Å². The fraction of sp³-hybridized carbons (Fsp3) is 0.275. The van der Waals surface area contributed by atoms with Crippen molar-refractivity contribution in [3.63, 3.8) is 0 Å². The minimum Gasteiger partial charge on any atom is -0.309 e. The lowest BCUT2D eigenvalue weighted by atomic mass is 9.36. The van der Waals surface area contributed by atoms with Crippen LogP contribution in [0.5, 0.6) is 0 Å². The Balaban J connectivity index is 1.14. The van der Waals surface area contributed by atoms with Crippen LogP contribution in [0.3, 0.4) is 0 Å². The van der Waals surface area contributed by atoms with E-state index in [0.717, 1.165) is 45.1 Å². The standard InChI is InChI=1S/C40H34NOP/c42-43(31-10-3-1-4-11-31,32-12-5-2-6-13-32)33-14-7-9-27(21-33)28-16-17-35-34(22-28)38-36(15-8-18-41-38)40(35)30-20-26-19-29-25-39(40,24-26)37(29)23-30/h1-18,21-22,26,29-30,37H,19-20,23-25H2. The van der Waals surface area contributed by atoms with Crippen LogP contribution in [0.4, 0.5) is 0 Å². The molecule has 5 aromatic rings. The molecule has 1 aromatic heterocycles. The first-order valence-corrected chi connectivity index (χ1v) is 17.8. The van der Waals surface area contributed by atoms with Gasteiger partial charge in [-0.3, -0.25) is 4.98 Å². The van der Waals surface area contributed by atoms with Crippen LogP contribution in [0.15, 0.2) is 121 Å². The number of hydrogen-bond acceptors (Lipinski definition) is 2. The van der Waals surface area contributed by atoms with E-state index in [0.29, 0.717) is 5.41 Å². The molecule has 6 aliphatic carbocycles. The molecular weight excluding hydrogens is 541 g/mol. The van der Waals surface area contributed by atoms with Gasteiger partial charge in [0.2, 0.25) is 0 Å². The van der Waals surface area contributed by atoms with Gasteiger partial charge in [0.25, 0.3) is 0 Å². The summed E-state index contributed by atoms with van der Waals surface area (Å²) in [6.45, 7) is 0. The highest BCUT2D eigenvalue weighted by atomic mass is 31.2. The molecule has 210 valence electrons. The summed E-state index contributed by atoms with van der Waals surface area (Å²) >= 11 is 0. The van der Waals surface area contributed by atoms with Crippen LogP contribution >= 0.6 is 7.14 Å². The lowest BCUT2D eigenvalue weighted by Crippen LogP contribution is -2.62. The molecule has 43 heavy (non-hydrogen) atoms. The number of hydrogen-bond donors (Lipinski definition) is 0. The van der Waals surface area contributed by atoms with Gasteiger partial charge in [-0.1, -0.05) is 97.1 Å². The summed E-state index contributed by atoms with van der Waals surface area (Å²) in [7, 11) is -3.05. The van der Waals surface area contributed by atoms with Crippen molar-refractivity contribution in [1.29, 1.82) is 0 Å². The van der Waals surface area contributed by atoms with Crippen LogP contribution < -0.4 is 15.9 Å². The van der Waals surface area contributed by atoms with E-state index in [2.05, 4.69) is 48.5 Å². The smallest absolute Gasteiger partial charge is 0.171 e. The predicted octanol–water partition coefficient (Wildman–Crippen LogP) is 8.11. The zero-order valence-electron chi connectivity index (χ0n) is 24.2. The Morgan fingerprint density at radius 3 is 2.19 bits per heavy atom. The molecule has 0 N–H and O–H groups in total. The summed E-state index contributed by atoms with van der Waals surface area (Å²) in [6.07, 6.45) is 9.10. The van der Waals surface area contributed by atoms with Gasteiger partial charge >= 0.3 is 0 Å². The second-order valence-electron chi connectivity index (χ2n) is 14.0. The minimum atomic E-state index is -3.05. The first-order valence-electron chi connectivity index (χ1n) is 16.1. The highest BCUT2D eigenvalue weighted by Gasteiger charge is 2.78. The Labute approximate surface area is 253 Å². The maximum Gasteiger partial charge on any atom is 0.171 e. The molecule has 0 saturated heterocycles. The largest absolute Gasteiger partial charge is 0.309 e. The summed E-state index contributed by atoms with van der Waals surface area (Å²) in [6, 6.07) is 40.3. The summed E-state index contributed by atoms with van der Waals surface area (Å²) in [5.74, 6) is 3.53. The van der Waals surface area contributed by atoms with Gasteiger partial charge in [0.05, 0.1) is 5.69 Å². The first kappa shape index (κ1) is 24.7. The van der Waals surface area contributed by atoms with E-state index in [1.807, 2.05) is 72.9 Å². The van der Waals surface area contributed by atoms with Gasteiger partial charge in [-0.05, 0) is 102 Å². The maximum atomic E-state index is 15.1. The Morgan fingerprint density at radius 1 is 0.651 bits per heavy atom. The second kappa shape index (κ2) is 8.46. The summed E-state index contributed by atoms with van der Waals surface area (Å²) in [5, 5.41) is 2.61. The second-order valence-corrected chi connectivity index (χ2v) is 16.8. The number of benzene rings is 4. The van der Waals surface area contributed by atoms with Crippen molar-refractivity contribution < 1.29 is 4.57 Å². The third kappa shape index (κ3) is 2.92. The quantitative estimate of drug-likeness (QED) is 0.203. The number of rotatable bonds is 4. The van der Waals surface area contributed by atoms with E-state index in [-0.39, 0.29) is 5.41 Å². The van der Waals surface area contributed by atoms with E-state index in [1.54, 1.807) is 5.56 Å². The van der Waals surface area contributed by atoms with Crippen molar-refractivity contribution in [2.45, 2.75) is 37.5 Å². The summed E-state index contributed by atoms with van der Waals surface area (Å²) < 4.78 is 15.1. The molecule has 11 rings (SSSR count). The molecule has 4 aromatic carbocycles. The zero-order chi connectivity index (χ0) is 28.4. The number of nitrogens with zero attached hydrogens (tertiary/aromatic N) is 1. The Bertz CT molecular complexity index is 1940. The Hall–Kier alpha value is -3.74. The van der Waals surface area contributed by atoms with Crippen molar-refractivity contribution >= 4 is 23.1 Å². The fourth-order valence-electron chi connectivity index (χ4n) is 11.3. The molecule has 2 spiro atoms. The monoisotopic (exact) mass is 575 g/mol. The van der Waals surface area contributed by atoms with E-state index in [9.17, 15) is 0 Å². The number of pyridine rings is 1.